The predicted octanol–water partition coefficient (Wildman–Crippen LogP) is 2.13. The Kier molecular flexibility index (Phi) is 4.33. The highest BCUT2D eigenvalue weighted by Gasteiger charge is 2.13. The Morgan fingerprint density at radius 3 is 2.83 bits per heavy atom. The first-order valence-electron chi connectivity index (χ1n) is 7.10. The van der Waals surface area contributed by atoms with Crippen LogP contribution < -0.4 is 5.32 Å². The monoisotopic (exact) mass is 329 g/mol. The normalized spacial score (nSPS) is 10.7. The maximum absolute atomic E-state index is 12.1. The maximum Gasteiger partial charge on any atom is 0.269 e. The number of H-pyrrole nitrogens is 1. The third-order valence-electron chi connectivity index (χ3n) is 3.21. The van der Waals surface area contributed by atoms with Crippen molar-refractivity contribution in [1.82, 2.24) is 25.7 Å². The van der Waals surface area contributed by atoms with Gasteiger partial charge >= 0.3 is 0 Å². The first-order valence-corrected chi connectivity index (χ1v) is 7.92. The number of para-hydroxylation sites is 1. The molecule has 0 saturated heterocycles. The van der Waals surface area contributed by atoms with Gasteiger partial charge in [0.05, 0.1) is 12.2 Å². The average Bonchev–Trinajstić information content (AvgIpc) is 3.22. The van der Waals surface area contributed by atoms with E-state index in [1.165, 1.54) is 11.3 Å². The molecule has 0 bridgehead atoms. The Hall–Kier alpha value is -2.74. The number of aromatic hydroxyl groups is 1. The van der Waals surface area contributed by atoms with Gasteiger partial charge in [0.2, 0.25) is 0 Å². The molecule has 3 rings (SSSR count). The first kappa shape index (κ1) is 15.2. The van der Waals surface area contributed by atoms with Gasteiger partial charge in [0, 0.05) is 5.56 Å². The number of aryl methyl sites for hydroxylation is 1. The third-order valence-corrected chi connectivity index (χ3v) is 4.28. The lowest BCUT2D eigenvalue weighted by atomic mass is 10.1. The third kappa shape index (κ3) is 3.37. The van der Waals surface area contributed by atoms with Crippen LogP contribution in [0.25, 0.3) is 11.3 Å². The summed E-state index contributed by atoms with van der Waals surface area (Å²) in [6.45, 7) is 2.33. The van der Waals surface area contributed by atoms with E-state index in [0.29, 0.717) is 23.5 Å². The molecule has 0 aliphatic heterocycles. The molecule has 1 aromatic carbocycles. The van der Waals surface area contributed by atoms with E-state index in [0.717, 1.165) is 16.4 Å². The second-order valence-corrected chi connectivity index (χ2v) is 5.96. The zero-order valence-corrected chi connectivity index (χ0v) is 13.2. The summed E-state index contributed by atoms with van der Waals surface area (Å²) >= 11 is 1.48. The minimum absolute atomic E-state index is 0.118. The Morgan fingerprint density at radius 2 is 2.09 bits per heavy atom. The number of phenols is 1. The van der Waals surface area contributed by atoms with Crippen LogP contribution in [0.4, 0.5) is 0 Å². The number of amides is 1. The predicted molar refractivity (Wildman–Crippen MR) is 86.1 cm³/mol. The number of rotatable bonds is 5. The van der Waals surface area contributed by atoms with Crippen LogP contribution in [0.15, 0.2) is 30.3 Å². The molecule has 3 N–H and O–H groups in total. The van der Waals surface area contributed by atoms with Crippen LogP contribution in [0.3, 0.4) is 0 Å². The average molecular weight is 329 g/mol. The van der Waals surface area contributed by atoms with Gasteiger partial charge in [-0.25, -0.2) is 0 Å². The fraction of sp³-hybridized carbons (Fsp3) is 0.200. The van der Waals surface area contributed by atoms with Crippen LogP contribution in [0, 0.1) is 0 Å². The Balaban J connectivity index is 1.68. The summed E-state index contributed by atoms with van der Waals surface area (Å²) in [5.41, 5.74) is 1.40. The molecule has 0 spiro atoms. The molecule has 0 aliphatic rings. The number of nitrogens with one attached hydrogen (secondary N) is 2. The van der Waals surface area contributed by atoms with Crippen LogP contribution in [-0.2, 0) is 13.0 Å². The Labute approximate surface area is 136 Å². The summed E-state index contributed by atoms with van der Waals surface area (Å²) in [7, 11) is 0. The summed E-state index contributed by atoms with van der Waals surface area (Å²) in [6, 6.07) is 8.43. The van der Waals surface area contributed by atoms with E-state index in [2.05, 4.69) is 25.7 Å². The van der Waals surface area contributed by atoms with Crippen molar-refractivity contribution in [1.29, 1.82) is 0 Å². The minimum atomic E-state index is -0.285. The maximum atomic E-state index is 12.1. The van der Waals surface area contributed by atoms with Gasteiger partial charge in [0.15, 0.2) is 0 Å². The second-order valence-electron chi connectivity index (χ2n) is 4.81. The van der Waals surface area contributed by atoms with E-state index in [-0.39, 0.29) is 11.7 Å². The number of hydrogen-bond donors (Lipinski definition) is 3. The van der Waals surface area contributed by atoms with Gasteiger partial charge in [0.1, 0.15) is 21.5 Å². The van der Waals surface area contributed by atoms with Crippen LogP contribution in [0.2, 0.25) is 0 Å². The molecule has 0 unspecified atom stereocenters. The topological polar surface area (TPSA) is 104 Å². The second kappa shape index (κ2) is 6.57. The number of phenolic OH excluding ortho intramolecular Hbond substituents is 1. The van der Waals surface area contributed by atoms with E-state index < -0.39 is 0 Å². The molecule has 7 nitrogen and oxygen atoms in total. The largest absolute Gasteiger partial charge is 0.507 e. The molecular formula is C15H15N5O2S. The van der Waals surface area contributed by atoms with Crippen molar-refractivity contribution in [2.24, 2.45) is 0 Å². The van der Waals surface area contributed by atoms with E-state index in [9.17, 15) is 9.90 Å². The number of hydrogen-bond acceptors (Lipinski definition) is 6. The number of aromatic nitrogens is 4. The lowest BCUT2D eigenvalue weighted by molar-refractivity contribution is 0.0946. The molecule has 0 saturated carbocycles. The van der Waals surface area contributed by atoms with Gasteiger partial charge in [-0.1, -0.05) is 30.4 Å². The molecule has 0 radical (unpaired) electrons. The van der Waals surface area contributed by atoms with Crippen molar-refractivity contribution in [3.05, 3.63) is 46.0 Å². The highest BCUT2D eigenvalue weighted by atomic mass is 32.1. The van der Waals surface area contributed by atoms with Crippen molar-refractivity contribution >= 4 is 17.2 Å². The standard InChI is InChI=1S/C15H15N5O2S/c1-2-13-19-20-14(23-13)8-16-15(22)11-7-10(17-18-11)9-5-3-4-6-12(9)21/h3-7,21H,2,8H2,1H3,(H,16,22)(H,17,18). The van der Waals surface area contributed by atoms with Crippen molar-refractivity contribution < 1.29 is 9.90 Å². The molecule has 0 fully saturated rings. The van der Waals surface area contributed by atoms with Gasteiger partial charge in [-0.15, -0.1) is 10.2 Å². The molecule has 2 heterocycles. The minimum Gasteiger partial charge on any atom is -0.507 e. The van der Waals surface area contributed by atoms with Crippen LogP contribution in [-0.4, -0.2) is 31.4 Å². The summed E-state index contributed by atoms with van der Waals surface area (Å²) < 4.78 is 0. The molecule has 8 heteroatoms. The van der Waals surface area contributed by atoms with E-state index in [1.807, 2.05) is 6.92 Å². The van der Waals surface area contributed by atoms with Crippen molar-refractivity contribution in [3.8, 4) is 17.0 Å². The molecule has 0 aliphatic carbocycles. The van der Waals surface area contributed by atoms with E-state index in [1.54, 1.807) is 30.3 Å². The highest BCUT2D eigenvalue weighted by molar-refractivity contribution is 7.11. The van der Waals surface area contributed by atoms with Crippen molar-refractivity contribution in [3.63, 3.8) is 0 Å². The number of aromatic amines is 1. The van der Waals surface area contributed by atoms with E-state index >= 15 is 0 Å². The van der Waals surface area contributed by atoms with Gasteiger partial charge in [-0.2, -0.15) is 5.10 Å². The summed E-state index contributed by atoms with van der Waals surface area (Å²) in [5.74, 6) is -0.167. The van der Waals surface area contributed by atoms with Gasteiger partial charge in [0.25, 0.3) is 5.91 Å². The molecular weight excluding hydrogens is 314 g/mol. The number of benzene rings is 1. The lowest BCUT2D eigenvalue weighted by Gasteiger charge is -1.99. The molecule has 23 heavy (non-hydrogen) atoms. The number of carbonyl (C=O) groups is 1. The fourth-order valence-corrected chi connectivity index (χ4v) is 2.74. The smallest absolute Gasteiger partial charge is 0.269 e. The van der Waals surface area contributed by atoms with Crippen LogP contribution in [0.1, 0.15) is 27.4 Å². The zero-order chi connectivity index (χ0) is 16.2. The van der Waals surface area contributed by atoms with E-state index in [4.69, 9.17) is 0 Å². The summed E-state index contributed by atoms with van der Waals surface area (Å²) in [4.78, 5) is 12.1. The molecule has 1 amide bonds. The quantitative estimate of drug-likeness (QED) is 0.665. The van der Waals surface area contributed by atoms with Crippen molar-refractivity contribution in [2.75, 3.05) is 0 Å². The van der Waals surface area contributed by atoms with Crippen molar-refractivity contribution in [2.45, 2.75) is 19.9 Å². The molecule has 2 aromatic heterocycles. The molecule has 118 valence electrons. The number of carbonyl (C=O) groups excluding carboxylic acids is 1. The SMILES string of the molecule is CCc1nnc(CNC(=O)c2cc(-c3ccccc3O)n[nH]2)s1. The fourth-order valence-electron chi connectivity index (χ4n) is 2.02. The number of nitrogens with zero attached hydrogens (tertiary/aromatic N) is 3. The molecule has 0 atom stereocenters. The summed E-state index contributed by atoms with van der Waals surface area (Å²) in [6.07, 6.45) is 0.829. The van der Waals surface area contributed by atoms with Gasteiger partial charge in [-0.3, -0.25) is 9.89 Å². The first-order chi connectivity index (χ1) is 11.2. The van der Waals surface area contributed by atoms with Crippen LogP contribution in [0.5, 0.6) is 5.75 Å². The highest BCUT2D eigenvalue weighted by Crippen LogP contribution is 2.27. The van der Waals surface area contributed by atoms with Gasteiger partial charge < -0.3 is 10.4 Å². The zero-order valence-electron chi connectivity index (χ0n) is 12.4. The Morgan fingerprint density at radius 1 is 1.30 bits per heavy atom. The van der Waals surface area contributed by atoms with Crippen LogP contribution >= 0.6 is 11.3 Å². The molecule has 3 aromatic rings. The summed E-state index contributed by atoms with van der Waals surface area (Å²) in [5, 5.41) is 29.1. The lowest BCUT2D eigenvalue weighted by Crippen LogP contribution is -2.23. The Bertz CT molecular complexity index is 827. The van der Waals surface area contributed by atoms with Gasteiger partial charge in [-0.05, 0) is 24.6 Å².